The molecule has 1 saturated carbocycles. The molecule has 1 aliphatic carbocycles. The zero-order chi connectivity index (χ0) is 34.1. The molecule has 1 aromatic heterocycles. The first-order valence-corrected chi connectivity index (χ1v) is 15.0. The van der Waals surface area contributed by atoms with Gasteiger partial charge < -0.3 is 14.2 Å². The number of aryl methyl sites for hydroxylation is 1. The number of halogens is 3. The summed E-state index contributed by atoms with van der Waals surface area (Å²) in [6.07, 6.45) is -3.69. The minimum Gasteiger partial charge on any atom is -0.493 e. The normalized spacial score (nSPS) is 14.2. The smallest absolute Gasteiger partial charge is 0.416 e. The van der Waals surface area contributed by atoms with Crippen LogP contribution in [0.4, 0.5) is 13.2 Å². The summed E-state index contributed by atoms with van der Waals surface area (Å²) < 4.78 is 57.9. The highest BCUT2D eigenvalue weighted by Crippen LogP contribution is 2.37. The van der Waals surface area contributed by atoms with Crippen LogP contribution >= 0.6 is 0 Å². The van der Waals surface area contributed by atoms with Gasteiger partial charge in [0.1, 0.15) is 22.5 Å². The highest BCUT2D eigenvalue weighted by atomic mass is 19.4. The van der Waals surface area contributed by atoms with Crippen molar-refractivity contribution in [3.63, 3.8) is 0 Å². The average molecular weight is 646 g/mol. The van der Waals surface area contributed by atoms with Crippen LogP contribution < -0.4 is 10.3 Å². The van der Waals surface area contributed by atoms with Crippen molar-refractivity contribution in [1.82, 2.24) is 15.0 Å². The van der Waals surface area contributed by atoms with E-state index in [9.17, 15) is 32.3 Å². The number of nitrogens with zero attached hydrogens (tertiary/aromatic N) is 3. The Balaban J connectivity index is 1.72. The Kier molecular flexibility index (Phi) is 9.65. The number of carbonyl (C=O) groups excluding carboxylic acids is 3. The van der Waals surface area contributed by atoms with Gasteiger partial charge in [0, 0.05) is 18.5 Å². The van der Waals surface area contributed by atoms with Crippen molar-refractivity contribution in [2.75, 3.05) is 6.61 Å². The molecule has 0 atom stereocenters. The van der Waals surface area contributed by atoms with Crippen molar-refractivity contribution in [1.29, 1.82) is 0 Å². The second kappa shape index (κ2) is 12.8. The van der Waals surface area contributed by atoms with Gasteiger partial charge in [-0.2, -0.15) is 13.2 Å². The number of carbonyl (C=O) groups is 3. The predicted octanol–water partition coefficient (Wildman–Crippen LogP) is 5.93. The van der Waals surface area contributed by atoms with Crippen LogP contribution in [0.3, 0.4) is 0 Å². The minimum absolute atomic E-state index is 0.0699. The fraction of sp³-hybridized carbons (Fsp3) is 0.515. The number of hydrogen-bond acceptors (Lipinski definition) is 9. The first-order valence-electron chi connectivity index (χ1n) is 15.0. The van der Waals surface area contributed by atoms with Gasteiger partial charge in [-0.25, -0.2) is 4.68 Å². The molecular formula is C33H38F3N3O7. The number of Topliss-reactive ketones (excluding diaryl/α,β-unsaturated/α-hetero) is 1. The fourth-order valence-corrected chi connectivity index (χ4v) is 4.58. The monoisotopic (exact) mass is 645 g/mol. The predicted molar refractivity (Wildman–Crippen MR) is 161 cm³/mol. The van der Waals surface area contributed by atoms with Gasteiger partial charge in [-0.1, -0.05) is 5.21 Å². The zero-order valence-electron chi connectivity index (χ0n) is 26.7. The van der Waals surface area contributed by atoms with Gasteiger partial charge in [-0.3, -0.25) is 19.2 Å². The molecule has 0 aliphatic heterocycles. The van der Waals surface area contributed by atoms with Gasteiger partial charge in [0.2, 0.25) is 0 Å². The van der Waals surface area contributed by atoms with E-state index in [1.54, 1.807) is 53.7 Å². The van der Waals surface area contributed by atoms with Crippen LogP contribution in [0.1, 0.15) is 83.1 Å². The summed E-state index contributed by atoms with van der Waals surface area (Å²) in [5.41, 5.74) is -6.28. The van der Waals surface area contributed by atoms with E-state index in [-0.39, 0.29) is 16.5 Å². The summed E-state index contributed by atoms with van der Waals surface area (Å²) in [5.74, 6) is -1.62. The summed E-state index contributed by atoms with van der Waals surface area (Å²) in [4.78, 5) is 54.8. The zero-order valence-corrected chi connectivity index (χ0v) is 26.7. The molecule has 0 spiro atoms. The number of ketones is 1. The number of hydrogen-bond donors (Lipinski definition) is 0. The molecule has 0 amide bonds. The van der Waals surface area contributed by atoms with E-state index in [4.69, 9.17) is 14.2 Å². The van der Waals surface area contributed by atoms with Crippen LogP contribution in [0.2, 0.25) is 0 Å². The largest absolute Gasteiger partial charge is 0.493 e. The van der Waals surface area contributed by atoms with Gasteiger partial charge in [-0.05, 0) is 109 Å². The molecule has 0 bridgehead atoms. The lowest BCUT2D eigenvalue weighted by molar-refractivity contribution is -0.186. The molecule has 3 aromatic rings. The number of ether oxygens (including phenoxy) is 3. The summed E-state index contributed by atoms with van der Waals surface area (Å²) >= 11 is 0. The van der Waals surface area contributed by atoms with Crippen molar-refractivity contribution in [3.8, 4) is 5.75 Å². The standard InChI is InChI=1S/C33H38F3N3O7/c1-30(2,3)45-28(42)32(29(43)46-31(4,5)6,18-26(40)21-9-12-23(13-10-21)44-19-20-7-8-20)15-16-39-27(41)24-17-22(33(34,35)36)11-14-25(24)37-38-39/h9-14,17,20H,7-8,15-16,18-19H2,1-6H3. The number of benzene rings is 2. The summed E-state index contributed by atoms with van der Waals surface area (Å²) in [6, 6.07) is 8.78. The second-order valence-corrected chi connectivity index (χ2v) is 13.6. The molecule has 46 heavy (non-hydrogen) atoms. The first-order chi connectivity index (χ1) is 21.3. The molecule has 13 heteroatoms. The third kappa shape index (κ3) is 8.70. The van der Waals surface area contributed by atoms with E-state index in [1.807, 2.05) is 0 Å². The van der Waals surface area contributed by atoms with E-state index in [1.165, 1.54) is 12.1 Å². The first kappa shape index (κ1) is 34.6. The molecule has 2 aromatic carbocycles. The quantitative estimate of drug-likeness (QED) is 0.142. The van der Waals surface area contributed by atoms with Crippen LogP contribution in [-0.2, 0) is 31.8 Å². The summed E-state index contributed by atoms with van der Waals surface area (Å²) in [5, 5.41) is 7.32. The Labute approximate surface area is 264 Å². The summed E-state index contributed by atoms with van der Waals surface area (Å²) in [6.45, 7) is 9.62. The maximum atomic E-state index is 13.9. The molecule has 1 fully saturated rings. The van der Waals surface area contributed by atoms with Crippen molar-refractivity contribution in [3.05, 3.63) is 63.9 Å². The summed E-state index contributed by atoms with van der Waals surface area (Å²) in [7, 11) is 0. The maximum absolute atomic E-state index is 13.9. The average Bonchev–Trinajstić information content (AvgIpc) is 3.77. The maximum Gasteiger partial charge on any atom is 0.416 e. The van der Waals surface area contributed by atoms with Gasteiger partial charge >= 0.3 is 18.1 Å². The van der Waals surface area contributed by atoms with Gasteiger partial charge in [0.25, 0.3) is 5.56 Å². The molecule has 248 valence electrons. The fourth-order valence-electron chi connectivity index (χ4n) is 4.58. The van der Waals surface area contributed by atoms with Crippen LogP contribution in [0.25, 0.3) is 10.9 Å². The third-order valence-electron chi connectivity index (χ3n) is 7.20. The van der Waals surface area contributed by atoms with Crippen LogP contribution in [0.15, 0.2) is 47.3 Å². The molecule has 1 aliphatic rings. The van der Waals surface area contributed by atoms with E-state index >= 15 is 0 Å². The lowest BCUT2D eigenvalue weighted by atomic mass is 9.78. The lowest BCUT2D eigenvalue weighted by Gasteiger charge is -2.34. The molecule has 1 heterocycles. The minimum atomic E-state index is -4.71. The Bertz CT molecular complexity index is 1640. The molecule has 10 nitrogen and oxygen atoms in total. The number of aromatic nitrogens is 3. The highest BCUT2D eigenvalue weighted by Gasteiger charge is 2.52. The number of rotatable bonds is 11. The third-order valence-corrected chi connectivity index (χ3v) is 7.20. The number of fused-ring (bicyclic) bond motifs is 1. The van der Waals surface area contributed by atoms with Crippen molar-refractivity contribution in [2.45, 2.75) is 91.1 Å². The molecule has 4 rings (SSSR count). The number of alkyl halides is 3. The number of esters is 2. The molecule has 0 saturated heterocycles. The van der Waals surface area contributed by atoms with Crippen LogP contribution in [0.5, 0.6) is 5.75 Å². The Morgan fingerprint density at radius 3 is 2.00 bits per heavy atom. The van der Waals surface area contributed by atoms with Gasteiger partial charge in [0.05, 0.1) is 17.6 Å². The topological polar surface area (TPSA) is 127 Å². The Hall–Kier alpha value is -4.29. The van der Waals surface area contributed by atoms with E-state index in [0.717, 1.165) is 29.7 Å². The Morgan fingerprint density at radius 2 is 1.48 bits per heavy atom. The Morgan fingerprint density at radius 1 is 0.891 bits per heavy atom. The van der Waals surface area contributed by atoms with E-state index in [0.29, 0.717) is 24.3 Å². The molecule has 0 unspecified atom stereocenters. The van der Waals surface area contributed by atoms with E-state index < -0.39 is 71.0 Å². The highest BCUT2D eigenvalue weighted by molar-refractivity contribution is 6.07. The van der Waals surface area contributed by atoms with Crippen molar-refractivity contribution in [2.24, 2.45) is 11.3 Å². The molecule has 0 radical (unpaired) electrons. The molecule has 0 N–H and O–H groups in total. The SMILES string of the molecule is CC(C)(C)OC(=O)C(CCn1nnc2ccc(C(F)(F)F)cc2c1=O)(CC(=O)c1ccc(OCC2CC2)cc1)C(=O)OC(C)(C)C. The second-order valence-electron chi connectivity index (χ2n) is 13.6. The lowest BCUT2D eigenvalue weighted by Crippen LogP contribution is -2.49. The van der Waals surface area contributed by atoms with Gasteiger partial charge in [-0.15, -0.1) is 5.10 Å². The molecular weight excluding hydrogens is 607 g/mol. The van der Waals surface area contributed by atoms with E-state index in [2.05, 4.69) is 10.3 Å². The van der Waals surface area contributed by atoms with Crippen molar-refractivity contribution < 1.29 is 41.8 Å². The van der Waals surface area contributed by atoms with Crippen molar-refractivity contribution >= 4 is 28.6 Å². The van der Waals surface area contributed by atoms with Crippen LogP contribution in [0, 0.1) is 11.3 Å². The van der Waals surface area contributed by atoms with Crippen LogP contribution in [-0.4, -0.2) is 50.5 Å². The van der Waals surface area contributed by atoms with Gasteiger partial charge in [0.15, 0.2) is 11.2 Å².